The summed E-state index contributed by atoms with van der Waals surface area (Å²) in [7, 11) is -3.69. The SMILES string of the molecule is CCN(CC)S(=O)(=O)c1cccc(C(=O)NC(C)(CC)C(=O)O)c1. The van der Waals surface area contributed by atoms with E-state index in [0.29, 0.717) is 13.1 Å². The summed E-state index contributed by atoms with van der Waals surface area (Å²) in [5.74, 6) is -1.77. The smallest absolute Gasteiger partial charge is 0.329 e. The molecule has 0 aliphatic rings. The van der Waals surface area contributed by atoms with Crippen molar-refractivity contribution in [1.29, 1.82) is 0 Å². The van der Waals surface area contributed by atoms with E-state index in [-0.39, 0.29) is 16.9 Å². The summed E-state index contributed by atoms with van der Waals surface area (Å²) in [4.78, 5) is 23.6. The van der Waals surface area contributed by atoms with Gasteiger partial charge in [-0.1, -0.05) is 26.8 Å². The number of aliphatic carboxylic acids is 1. The fourth-order valence-electron chi connectivity index (χ4n) is 2.13. The second-order valence-corrected chi connectivity index (χ2v) is 7.50. The average molecular weight is 356 g/mol. The zero-order valence-corrected chi connectivity index (χ0v) is 15.2. The average Bonchev–Trinajstić information content (AvgIpc) is 2.55. The van der Waals surface area contributed by atoms with Crippen LogP contribution in [0.15, 0.2) is 29.2 Å². The number of hydrogen-bond acceptors (Lipinski definition) is 4. The largest absolute Gasteiger partial charge is 0.480 e. The lowest BCUT2D eigenvalue weighted by molar-refractivity contribution is -0.143. The van der Waals surface area contributed by atoms with Gasteiger partial charge in [0.1, 0.15) is 5.54 Å². The lowest BCUT2D eigenvalue weighted by Crippen LogP contribution is -2.51. The van der Waals surface area contributed by atoms with Gasteiger partial charge in [-0.25, -0.2) is 13.2 Å². The zero-order valence-electron chi connectivity index (χ0n) is 14.4. The third-order valence-electron chi connectivity index (χ3n) is 4.01. The maximum Gasteiger partial charge on any atom is 0.329 e. The summed E-state index contributed by atoms with van der Waals surface area (Å²) in [6, 6.07) is 5.60. The zero-order chi connectivity index (χ0) is 18.5. The second-order valence-electron chi connectivity index (χ2n) is 5.56. The Kier molecular flexibility index (Phi) is 6.50. The van der Waals surface area contributed by atoms with Crippen molar-refractivity contribution in [1.82, 2.24) is 9.62 Å². The Hall–Kier alpha value is -1.93. The van der Waals surface area contributed by atoms with Crippen LogP contribution < -0.4 is 5.32 Å². The molecule has 0 radical (unpaired) electrons. The number of carbonyl (C=O) groups excluding carboxylic acids is 1. The number of nitrogens with zero attached hydrogens (tertiary/aromatic N) is 1. The van der Waals surface area contributed by atoms with Crippen LogP contribution >= 0.6 is 0 Å². The third-order valence-corrected chi connectivity index (χ3v) is 6.05. The molecule has 1 atom stereocenters. The molecular formula is C16H24N2O5S. The molecule has 0 spiro atoms. The van der Waals surface area contributed by atoms with Gasteiger partial charge < -0.3 is 10.4 Å². The number of carboxylic acid groups (broad SMARTS) is 1. The van der Waals surface area contributed by atoms with E-state index >= 15 is 0 Å². The van der Waals surface area contributed by atoms with Crippen LogP contribution in [0.25, 0.3) is 0 Å². The third kappa shape index (κ3) is 4.12. The molecule has 1 aromatic carbocycles. The number of hydrogen-bond donors (Lipinski definition) is 2. The highest BCUT2D eigenvalue weighted by atomic mass is 32.2. The first-order valence-corrected chi connectivity index (χ1v) is 9.22. The molecule has 1 amide bonds. The Morgan fingerprint density at radius 1 is 1.21 bits per heavy atom. The maximum absolute atomic E-state index is 12.5. The number of rotatable bonds is 8. The molecule has 0 bridgehead atoms. The van der Waals surface area contributed by atoms with Gasteiger partial charge >= 0.3 is 5.97 Å². The summed E-state index contributed by atoms with van der Waals surface area (Å²) < 4.78 is 26.3. The first kappa shape index (κ1) is 20.1. The Morgan fingerprint density at radius 2 is 1.79 bits per heavy atom. The Balaban J connectivity index is 3.17. The minimum Gasteiger partial charge on any atom is -0.480 e. The van der Waals surface area contributed by atoms with Gasteiger partial charge in [0.2, 0.25) is 10.0 Å². The second kappa shape index (κ2) is 7.76. The Labute approximate surface area is 142 Å². The van der Waals surface area contributed by atoms with E-state index in [2.05, 4.69) is 5.32 Å². The predicted octanol–water partition coefficient (Wildman–Crippen LogP) is 1.70. The van der Waals surface area contributed by atoms with Crippen molar-refractivity contribution in [2.45, 2.75) is 44.6 Å². The molecule has 7 nitrogen and oxygen atoms in total. The molecule has 134 valence electrons. The van der Waals surface area contributed by atoms with Crippen molar-refractivity contribution >= 4 is 21.9 Å². The number of nitrogens with one attached hydrogen (secondary N) is 1. The van der Waals surface area contributed by atoms with Crippen LogP contribution in [0.1, 0.15) is 44.5 Å². The number of sulfonamides is 1. The Bertz CT molecular complexity index is 713. The highest BCUT2D eigenvalue weighted by molar-refractivity contribution is 7.89. The van der Waals surface area contributed by atoms with E-state index in [4.69, 9.17) is 0 Å². The highest BCUT2D eigenvalue weighted by Gasteiger charge is 2.33. The van der Waals surface area contributed by atoms with Gasteiger partial charge in [-0.05, 0) is 31.5 Å². The van der Waals surface area contributed by atoms with Crippen molar-refractivity contribution in [3.63, 3.8) is 0 Å². The lowest BCUT2D eigenvalue weighted by Gasteiger charge is -2.24. The van der Waals surface area contributed by atoms with Gasteiger partial charge in [-0.15, -0.1) is 0 Å². The number of carboxylic acids is 1. The lowest BCUT2D eigenvalue weighted by atomic mass is 9.98. The first-order chi connectivity index (χ1) is 11.1. The molecule has 0 aliphatic heterocycles. The standard InChI is InChI=1S/C16H24N2O5S/c1-5-16(4,15(20)21)17-14(19)12-9-8-10-13(11-12)24(22,23)18(6-2)7-3/h8-11H,5-7H2,1-4H3,(H,17,19)(H,20,21). The molecule has 1 aromatic rings. The van der Waals surface area contributed by atoms with Gasteiger partial charge in [-0.2, -0.15) is 4.31 Å². The molecule has 1 rings (SSSR count). The van der Waals surface area contributed by atoms with E-state index in [1.54, 1.807) is 20.8 Å². The summed E-state index contributed by atoms with van der Waals surface area (Å²) >= 11 is 0. The minimum absolute atomic E-state index is 0.00683. The van der Waals surface area contributed by atoms with Crippen molar-refractivity contribution < 1.29 is 23.1 Å². The molecule has 24 heavy (non-hydrogen) atoms. The van der Waals surface area contributed by atoms with Gasteiger partial charge in [0.05, 0.1) is 4.90 Å². The summed E-state index contributed by atoms with van der Waals surface area (Å²) in [6.07, 6.45) is 0.200. The fourth-order valence-corrected chi connectivity index (χ4v) is 3.63. The first-order valence-electron chi connectivity index (χ1n) is 7.78. The van der Waals surface area contributed by atoms with Crippen molar-refractivity contribution in [2.75, 3.05) is 13.1 Å². The normalized spacial score (nSPS) is 14.2. The maximum atomic E-state index is 12.5. The Morgan fingerprint density at radius 3 is 2.25 bits per heavy atom. The van der Waals surface area contributed by atoms with E-state index in [1.165, 1.54) is 35.5 Å². The predicted molar refractivity (Wildman–Crippen MR) is 90.3 cm³/mol. The quantitative estimate of drug-likeness (QED) is 0.738. The van der Waals surface area contributed by atoms with Crippen molar-refractivity contribution in [3.05, 3.63) is 29.8 Å². The molecule has 2 N–H and O–H groups in total. The van der Waals surface area contributed by atoms with Crippen LogP contribution in [0.2, 0.25) is 0 Å². The summed E-state index contributed by atoms with van der Waals surface area (Å²) in [5.41, 5.74) is -1.31. The van der Waals surface area contributed by atoms with Crippen LogP contribution in [0, 0.1) is 0 Å². The molecule has 0 saturated heterocycles. The topological polar surface area (TPSA) is 104 Å². The molecule has 8 heteroatoms. The molecule has 0 aromatic heterocycles. The molecule has 0 saturated carbocycles. The van der Waals surface area contributed by atoms with Crippen molar-refractivity contribution in [3.8, 4) is 0 Å². The van der Waals surface area contributed by atoms with E-state index in [0.717, 1.165) is 0 Å². The number of benzene rings is 1. The van der Waals surface area contributed by atoms with E-state index in [9.17, 15) is 23.1 Å². The van der Waals surface area contributed by atoms with Crippen LogP contribution in [0.3, 0.4) is 0 Å². The number of carbonyl (C=O) groups is 2. The molecule has 0 aliphatic carbocycles. The van der Waals surface area contributed by atoms with Gasteiger partial charge in [0.15, 0.2) is 0 Å². The van der Waals surface area contributed by atoms with Crippen LogP contribution in [-0.4, -0.2) is 48.3 Å². The van der Waals surface area contributed by atoms with Crippen molar-refractivity contribution in [2.24, 2.45) is 0 Å². The van der Waals surface area contributed by atoms with Gasteiger partial charge in [0.25, 0.3) is 5.91 Å². The molecular weight excluding hydrogens is 332 g/mol. The van der Waals surface area contributed by atoms with E-state index < -0.39 is 27.4 Å². The molecule has 1 unspecified atom stereocenters. The monoisotopic (exact) mass is 356 g/mol. The van der Waals surface area contributed by atoms with Crippen LogP contribution in [0.5, 0.6) is 0 Å². The highest BCUT2D eigenvalue weighted by Crippen LogP contribution is 2.18. The van der Waals surface area contributed by atoms with E-state index in [1.807, 2.05) is 0 Å². The summed E-state index contributed by atoms with van der Waals surface area (Å²) in [6.45, 7) is 7.16. The minimum atomic E-state index is -3.69. The van der Waals surface area contributed by atoms with Crippen LogP contribution in [0.4, 0.5) is 0 Å². The molecule has 0 heterocycles. The molecule has 0 fully saturated rings. The van der Waals surface area contributed by atoms with Crippen LogP contribution in [-0.2, 0) is 14.8 Å². The van der Waals surface area contributed by atoms with Gasteiger partial charge in [-0.3, -0.25) is 4.79 Å². The van der Waals surface area contributed by atoms with Gasteiger partial charge in [0, 0.05) is 18.7 Å². The number of amides is 1. The summed E-state index contributed by atoms with van der Waals surface area (Å²) in [5, 5.41) is 11.7. The fraction of sp³-hybridized carbons (Fsp3) is 0.500.